The van der Waals surface area contributed by atoms with E-state index in [9.17, 15) is 0 Å². The molecule has 18 heavy (non-hydrogen) atoms. The first-order chi connectivity index (χ1) is 8.72. The minimum atomic E-state index is 0.677. The molecule has 0 spiro atoms. The Kier molecular flexibility index (Phi) is 3.54. The van der Waals surface area contributed by atoms with Crippen LogP contribution in [0.4, 0.5) is 0 Å². The lowest BCUT2D eigenvalue weighted by atomic mass is 10.3. The van der Waals surface area contributed by atoms with Crippen LogP contribution < -0.4 is 5.32 Å². The van der Waals surface area contributed by atoms with Gasteiger partial charge in [0.15, 0.2) is 0 Å². The van der Waals surface area contributed by atoms with Crippen LogP contribution in [0.2, 0.25) is 5.02 Å². The third kappa shape index (κ3) is 2.84. The molecule has 1 heterocycles. The molecule has 1 N–H and O–H groups in total. The summed E-state index contributed by atoms with van der Waals surface area (Å²) in [6.07, 6.45) is 4.47. The van der Waals surface area contributed by atoms with Gasteiger partial charge in [0, 0.05) is 16.2 Å². The van der Waals surface area contributed by atoms with Crippen molar-refractivity contribution in [1.82, 2.24) is 20.3 Å². The fourth-order valence-electron chi connectivity index (χ4n) is 1.69. The van der Waals surface area contributed by atoms with Gasteiger partial charge in [-0.25, -0.2) is 4.68 Å². The molecular formula is C12H12ClIN4. The van der Waals surface area contributed by atoms with E-state index in [0.29, 0.717) is 11.1 Å². The molecule has 0 bridgehead atoms. The smallest absolute Gasteiger partial charge is 0.0969 e. The monoisotopic (exact) mass is 374 g/mol. The third-order valence-corrected chi connectivity index (χ3v) is 3.84. The van der Waals surface area contributed by atoms with Gasteiger partial charge in [0.2, 0.25) is 0 Å². The minimum Gasteiger partial charge on any atom is -0.308 e. The summed E-state index contributed by atoms with van der Waals surface area (Å²) in [7, 11) is 0. The lowest BCUT2D eigenvalue weighted by Gasteiger charge is -2.03. The zero-order valence-electron chi connectivity index (χ0n) is 9.61. The largest absolute Gasteiger partial charge is 0.308 e. The first kappa shape index (κ1) is 12.4. The van der Waals surface area contributed by atoms with Gasteiger partial charge in [-0.3, -0.25) is 0 Å². The van der Waals surface area contributed by atoms with E-state index in [2.05, 4.69) is 38.2 Å². The molecule has 1 saturated carbocycles. The van der Waals surface area contributed by atoms with Gasteiger partial charge in [-0.05, 0) is 53.6 Å². The molecule has 94 valence electrons. The summed E-state index contributed by atoms with van der Waals surface area (Å²) in [4.78, 5) is 0. The Hall–Kier alpha value is -0.660. The van der Waals surface area contributed by atoms with Gasteiger partial charge in [0.25, 0.3) is 0 Å². The van der Waals surface area contributed by atoms with Gasteiger partial charge < -0.3 is 5.32 Å². The van der Waals surface area contributed by atoms with Crippen molar-refractivity contribution >= 4 is 34.2 Å². The van der Waals surface area contributed by atoms with E-state index in [-0.39, 0.29) is 0 Å². The number of rotatable bonds is 4. The molecule has 1 aliphatic carbocycles. The summed E-state index contributed by atoms with van der Waals surface area (Å²) in [5, 5.41) is 12.4. The van der Waals surface area contributed by atoms with Crippen molar-refractivity contribution in [2.24, 2.45) is 0 Å². The second-order valence-corrected chi connectivity index (χ2v) is 6.06. The summed E-state index contributed by atoms with van der Waals surface area (Å²) < 4.78 is 2.86. The molecule has 1 aromatic heterocycles. The highest BCUT2D eigenvalue weighted by atomic mass is 127. The summed E-state index contributed by atoms with van der Waals surface area (Å²) >= 11 is 8.43. The standard InChI is InChI=1S/C12H12ClIN4/c13-11-4-1-8(14)5-12(11)18-7-10(16-17-18)6-15-9-2-3-9/h1,4-5,7,9,15H,2-3,6H2. The van der Waals surface area contributed by atoms with Gasteiger partial charge >= 0.3 is 0 Å². The van der Waals surface area contributed by atoms with E-state index < -0.39 is 0 Å². The molecule has 4 nitrogen and oxygen atoms in total. The topological polar surface area (TPSA) is 42.7 Å². The van der Waals surface area contributed by atoms with Crippen LogP contribution >= 0.6 is 34.2 Å². The molecular weight excluding hydrogens is 363 g/mol. The zero-order valence-corrected chi connectivity index (χ0v) is 12.5. The number of nitrogens with one attached hydrogen (secondary N) is 1. The molecule has 2 aromatic rings. The fraction of sp³-hybridized carbons (Fsp3) is 0.333. The maximum atomic E-state index is 6.17. The van der Waals surface area contributed by atoms with Crippen molar-refractivity contribution in [3.63, 3.8) is 0 Å². The lowest BCUT2D eigenvalue weighted by molar-refractivity contribution is 0.671. The van der Waals surface area contributed by atoms with Gasteiger partial charge in [-0.1, -0.05) is 16.8 Å². The van der Waals surface area contributed by atoms with E-state index in [4.69, 9.17) is 11.6 Å². The molecule has 0 aliphatic heterocycles. The average molecular weight is 375 g/mol. The Morgan fingerprint density at radius 2 is 2.28 bits per heavy atom. The Bertz CT molecular complexity index is 565. The van der Waals surface area contributed by atoms with Gasteiger partial charge in [-0.15, -0.1) is 5.10 Å². The van der Waals surface area contributed by atoms with Crippen LogP contribution in [0.1, 0.15) is 18.5 Å². The quantitative estimate of drug-likeness (QED) is 0.837. The van der Waals surface area contributed by atoms with Crippen molar-refractivity contribution in [3.8, 4) is 5.69 Å². The van der Waals surface area contributed by atoms with E-state index in [1.807, 2.05) is 24.4 Å². The van der Waals surface area contributed by atoms with Crippen LogP contribution in [0.5, 0.6) is 0 Å². The Labute approximate surface area is 124 Å². The number of hydrogen-bond acceptors (Lipinski definition) is 3. The molecule has 0 amide bonds. The predicted molar refractivity (Wildman–Crippen MR) is 78.9 cm³/mol. The molecule has 0 saturated heterocycles. The first-order valence-corrected chi connectivity index (χ1v) is 7.28. The Morgan fingerprint density at radius 1 is 1.44 bits per heavy atom. The van der Waals surface area contributed by atoms with Crippen molar-refractivity contribution in [3.05, 3.63) is 38.7 Å². The second-order valence-electron chi connectivity index (χ2n) is 4.41. The van der Waals surface area contributed by atoms with Crippen molar-refractivity contribution < 1.29 is 0 Å². The van der Waals surface area contributed by atoms with Gasteiger partial charge in [-0.2, -0.15) is 0 Å². The highest BCUT2D eigenvalue weighted by molar-refractivity contribution is 14.1. The molecule has 0 radical (unpaired) electrons. The van der Waals surface area contributed by atoms with E-state index in [0.717, 1.165) is 21.5 Å². The first-order valence-electron chi connectivity index (χ1n) is 5.82. The SMILES string of the molecule is Clc1ccc(I)cc1-n1cc(CNC2CC2)nn1. The van der Waals surface area contributed by atoms with Crippen molar-refractivity contribution in [2.45, 2.75) is 25.4 Å². The van der Waals surface area contributed by atoms with Crippen LogP contribution in [-0.2, 0) is 6.54 Å². The van der Waals surface area contributed by atoms with Crippen molar-refractivity contribution in [2.75, 3.05) is 0 Å². The van der Waals surface area contributed by atoms with E-state index in [1.165, 1.54) is 12.8 Å². The minimum absolute atomic E-state index is 0.677. The summed E-state index contributed by atoms with van der Waals surface area (Å²) in [5.41, 5.74) is 1.81. The summed E-state index contributed by atoms with van der Waals surface area (Å²) in [6, 6.07) is 6.52. The van der Waals surface area contributed by atoms with Crippen LogP contribution in [0.15, 0.2) is 24.4 Å². The molecule has 3 rings (SSSR count). The molecule has 1 aliphatic rings. The number of hydrogen-bond donors (Lipinski definition) is 1. The van der Waals surface area contributed by atoms with E-state index in [1.54, 1.807) is 4.68 Å². The van der Waals surface area contributed by atoms with Crippen LogP contribution in [0.3, 0.4) is 0 Å². The number of halogens is 2. The normalized spacial score (nSPS) is 15.0. The number of nitrogens with zero attached hydrogens (tertiary/aromatic N) is 3. The van der Waals surface area contributed by atoms with Gasteiger partial charge in [0.05, 0.1) is 22.6 Å². The Balaban J connectivity index is 1.80. The number of aromatic nitrogens is 3. The maximum Gasteiger partial charge on any atom is 0.0969 e. The van der Waals surface area contributed by atoms with Crippen LogP contribution in [-0.4, -0.2) is 21.0 Å². The fourth-order valence-corrected chi connectivity index (χ4v) is 2.37. The highest BCUT2D eigenvalue weighted by Crippen LogP contribution is 2.22. The molecule has 1 aromatic carbocycles. The maximum absolute atomic E-state index is 6.17. The molecule has 0 atom stereocenters. The van der Waals surface area contributed by atoms with Crippen LogP contribution in [0, 0.1) is 3.57 Å². The average Bonchev–Trinajstić information content (AvgIpc) is 3.08. The third-order valence-electron chi connectivity index (χ3n) is 2.85. The second kappa shape index (κ2) is 5.14. The zero-order chi connectivity index (χ0) is 12.5. The molecule has 0 unspecified atom stereocenters. The van der Waals surface area contributed by atoms with Crippen LogP contribution in [0.25, 0.3) is 5.69 Å². The Morgan fingerprint density at radius 3 is 3.06 bits per heavy atom. The highest BCUT2D eigenvalue weighted by Gasteiger charge is 2.20. The summed E-state index contributed by atoms with van der Waals surface area (Å²) in [6.45, 7) is 0.770. The molecule has 6 heteroatoms. The lowest BCUT2D eigenvalue weighted by Crippen LogP contribution is -2.15. The van der Waals surface area contributed by atoms with E-state index >= 15 is 0 Å². The molecule has 1 fully saturated rings. The predicted octanol–water partition coefficient (Wildman–Crippen LogP) is 2.78. The van der Waals surface area contributed by atoms with Gasteiger partial charge in [0.1, 0.15) is 0 Å². The summed E-state index contributed by atoms with van der Waals surface area (Å²) in [5.74, 6) is 0. The number of benzene rings is 1. The van der Waals surface area contributed by atoms with Crippen molar-refractivity contribution in [1.29, 1.82) is 0 Å².